The van der Waals surface area contributed by atoms with Gasteiger partial charge in [-0.1, -0.05) is 30.0 Å². The minimum Gasteiger partial charge on any atom is -0.508 e. The average molecular weight is 247 g/mol. The topological polar surface area (TPSA) is 63.4 Å². The Morgan fingerprint density at radius 3 is 2.47 bits per heavy atom. The van der Waals surface area contributed by atoms with Gasteiger partial charge in [0.05, 0.1) is 15.9 Å². The van der Waals surface area contributed by atoms with Crippen molar-refractivity contribution in [3.8, 4) is 5.75 Å². The van der Waals surface area contributed by atoms with E-state index in [9.17, 15) is 15.2 Å². The molecule has 1 N–H and O–H groups in total. The fourth-order valence-corrected chi connectivity index (χ4v) is 2.27. The second kappa shape index (κ2) is 4.88. The number of nitro benzene ring substituents is 1. The van der Waals surface area contributed by atoms with E-state index in [4.69, 9.17) is 0 Å². The number of phenolic OH excluding ortho intramolecular Hbond substituents is 1. The monoisotopic (exact) mass is 247 g/mol. The molecule has 0 saturated heterocycles. The maximum atomic E-state index is 10.8. The van der Waals surface area contributed by atoms with Gasteiger partial charge in [0.2, 0.25) is 0 Å². The number of benzene rings is 2. The summed E-state index contributed by atoms with van der Waals surface area (Å²) >= 11 is 1.30. The standard InChI is InChI=1S/C12H9NO3S/c14-9-6-7-12(11(8-9)13(15)16)17-10-4-2-1-3-5-10/h1-8,14H. The van der Waals surface area contributed by atoms with Crippen molar-refractivity contribution in [3.05, 3.63) is 58.6 Å². The van der Waals surface area contributed by atoms with Crippen LogP contribution in [0.5, 0.6) is 5.75 Å². The van der Waals surface area contributed by atoms with E-state index >= 15 is 0 Å². The number of hydrogen-bond donors (Lipinski definition) is 1. The molecule has 5 heteroatoms. The molecule has 2 aromatic carbocycles. The molecule has 0 unspecified atom stereocenters. The summed E-state index contributed by atoms with van der Waals surface area (Å²) in [6, 6.07) is 13.5. The summed E-state index contributed by atoms with van der Waals surface area (Å²) in [5.41, 5.74) is -0.0844. The molecule has 0 amide bonds. The molecule has 0 atom stereocenters. The second-order valence-corrected chi connectivity index (χ2v) is 4.44. The number of rotatable bonds is 3. The van der Waals surface area contributed by atoms with Crippen molar-refractivity contribution < 1.29 is 10.0 Å². The van der Waals surface area contributed by atoms with Crippen molar-refractivity contribution in [1.29, 1.82) is 0 Å². The summed E-state index contributed by atoms with van der Waals surface area (Å²) < 4.78 is 0. The molecule has 0 fully saturated rings. The molecule has 0 saturated carbocycles. The van der Waals surface area contributed by atoms with E-state index < -0.39 is 4.92 Å². The first-order chi connectivity index (χ1) is 8.16. The Labute approximate surface area is 102 Å². The predicted molar refractivity (Wildman–Crippen MR) is 65.3 cm³/mol. The first-order valence-corrected chi connectivity index (χ1v) is 5.69. The number of nitrogens with zero attached hydrogens (tertiary/aromatic N) is 1. The van der Waals surface area contributed by atoms with Crippen molar-refractivity contribution >= 4 is 17.4 Å². The van der Waals surface area contributed by atoms with Crippen molar-refractivity contribution in [1.82, 2.24) is 0 Å². The maximum Gasteiger partial charge on any atom is 0.286 e. The van der Waals surface area contributed by atoms with E-state index in [0.717, 1.165) is 11.0 Å². The minimum atomic E-state index is -0.495. The SMILES string of the molecule is O=[N+]([O-])c1cc(O)ccc1Sc1ccccc1. The highest BCUT2D eigenvalue weighted by molar-refractivity contribution is 7.99. The molecule has 86 valence electrons. The Bertz CT molecular complexity index is 543. The van der Waals surface area contributed by atoms with Crippen molar-refractivity contribution in [2.75, 3.05) is 0 Å². The van der Waals surface area contributed by atoms with E-state index in [1.807, 2.05) is 30.3 Å². The molecule has 0 bridgehead atoms. The second-order valence-electron chi connectivity index (χ2n) is 3.32. The molecule has 0 spiro atoms. The van der Waals surface area contributed by atoms with Gasteiger partial charge in [0.15, 0.2) is 0 Å². The molecule has 0 aliphatic carbocycles. The third-order valence-corrected chi connectivity index (χ3v) is 3.18. The number of hydrogen-bond acceptors (Lipinski definition) is 4. The van der Waals surface area contributed by atoms with Crippen molar-refractivity contribution in [2.45, 2.75) is 9.79 Å². The highest BCUT2D eigenvalue weighted by Crippen LogP contribution is 2.36. The predicted octanol–water partition coefficient (Wildman–Crippen LogP) is 3.45. The lowest BCUT2D eigenvalue weighted by Gasteiger charge is -2.03. The lowest BCUT2D eigenvalue weighted by atomic mass is 10.3. The molecule has 2 aromatic rings. The Hall–Kier alpha value is -2.01. The van der Waals surface area contributed by atoms with E-state index in [-0.39, 0.29) is 11.4 Å². The molecule has 0 aliphatic rings. The smallest absolute Gasteiger partial charge is 0.286 e. The van der Waals surface area contributed by atoms with Crippen LogP contribution >= 0.6 is 11.8 Å². The molecule has 4 nitrogen and oxygen atoms in total. The van der Waals surface area contributed by atoms with E-state index in [1.54, 1.807) is 6.07 Å². The molecular formula is C12H9NO3S. The molecule has 17 heavy (non-hydrogen) atoms. The van der Waals surface area contributed by atoms with Crippen molar-refractivity contribution in [3.63, 3.8) is 0 Å². The minimum absolute atomic E-state index is 0.0844. The van der Waals surface area contributed by atoms with E-state index in [1.165, 1.54) is 17.8 Å². The van der Waals surface area contributed by atoms with Gasteiger partial charge in [0.1, 0.15) is 5.75 Å². The van der Waals surface area contributed by atoms with Crippen LogP contribution in [0.25, 0.3) is 0 Å². The van der Waals surface area contributed by atoms with Gasteiger partial charge in [0, 0.05) is 4.90 Å². The zero-order valence-corrected chi connectivity index (χ0v) is 9.55. The molecule has 0 radical (unpaired) electrons. The van der Waals surface area contributed by atoms with Gasteiger partial charge in [-0.25, -0.2) is 0 Å². The normalized spacial score (nSPS) is 10.1. The Kier molecular flexibility index (Phi) is 3.30. The molecule has 0 aliphatic heterocycles. The Morgan fingerprint density at radius 1 is 1.12 bits per heavy atom. The molecule has 0 aromatic heterocycles. The zero-order chi connectivity index (χ0) is 12.3. The third-order valence-electron chi connectivity index (χ3n) is 2.11. The van der Waals surface area contributed by atoms with Gasteiger partial charge < -0.3 is 5.11 Å². The number of aromatic hydroxyl groups is 1. The van der Waals surface area contributed by atoms with Gasteiger partial charge in [-0.15, -0.1) is 0 Å². The highest BCUT2D eigenvalue weighted by atomic mass is 32.2. The first kappa shape index (κ1) is 11.5. The van der Waals surface area contributed by atoms with Crippen LogP contribution in [-0.2, 0) is 0 Å². The molecule has 0 heterocycles. The third kappa shape index (κ3) is 2.76. The van der Waals surface area contributed by atoms with Crippen LogP contribution in [0.3, 0.4) is 0 Å². The number of phenols is 1. The van der Waals surface area contributed by atoms with Gasteiger partial charge in [-0.3, -0.25) is 10.1 Å². The van der Waals surface area contributed by atoms with Gasteiger partial charge in [-0.05, 0) is 24.3 Å². The van der Waals surface area contributed by atoms with Crippen LogP contribution in [0.15, 0.2) is 58.3 Å². The summed E-state index contributed by atoms with van der Waals surface area (Å²) in [5.74, 6) is -0.103. The summed E-state index contributed by atoms with van der Waals surface area (Å²) in [5, 5.41) is 20.1. The number of nitro groups is 1. The fourth-order valence-electron chi connectivity index (χ4n) is 1.35. The van der Waals surface area contributed by atoms with Crippen LogP contribution in [0.2, 0.25) is 0 Å². The summed E-state index contributed by atoms with van der Waals surface area (Å²) in [4.78, 5) is 11.8. The van der Waals surface area contributed by atoms with Gasteiger partial charge in [-0.2, -0.15) is 0 Å². The van der Waals surface area contributed by atoms with Crippen LogP contribution < -0.4 is 0 Å². The van der Waals surface area contributed by atoms with Crippen LogP contribution in [0, 0.1) is 10.1 Å². The fraction of sp³-hybridized carbons (Fsp3) is 0. The van der Waals surface area contributed by atoms with Crippen LogP contribution in [-0.4, -0.2) is 10.0 Å². The van der Waals surface area contributed by atoms with Gasteiger partial charge in [0.25, 0.3) is 5.69 Å². The zero-order valence-electron chi connectivity index (χ0n) is 8.74. The van der Waals surface area contributed by atoms with E-state index in [2.05, 4.69) is 0 Å². The summed E-state index contributed by atoms with van der Waals surface area (Å²) in [6.45, 7) is 0. The summed E-state index contributed by atoms with van der Waals surface area (Å²) in [7, 11) is 0. The molecule has 2 rings (SSSR count). The Morgan fingerprint density at radius 2 is 1.82 bits per heavy atom. The summed E-state index contributed by atoms with van der Waals surface area (Å²) in [6.07, 6.45) is 0. The van der Waals surface area contributed by atoms with E-state index in [0.29, 0.717) is 4.90 Å². The first-order valence-electron chi connectivity index (χ1n) is 4.87. The Balaban J connectivity index is 2.36. The van der Waals surface area contributed by atoms with Gasteiger partial charge >= 0.3 is 0 Å². The van der Waals surface area contributed by atoms with Crippen LogP contribution in [0.1, 0.15) is 0 Å². The maximum absolute atomic E-state index is 10.8. The highest BCUT2D eigenvalue weighted by Gasteiger charge is 2.15. The lowest BCUT2D eigenvalue weighted by molar-refractivity contribution is -0.387. The lowest BCUT2D eigenvalue weighted by Crippen LogP contribution is -1.90. The largest absolute Gasteiger partial charge is 0.508 e. The quantitative estimate of drug-likeness (QED) is 0.666. The van der Waals surface area contributed by atoms with Crippen LogP contribution in [0.4, 0.5) is 5.69 Å². The molecular weight excluding hydrogens is 238 g/mol. The average Bonchev–Trinajstić information content (AvgIpc) is 2.32. The van der Waals surface area contributed by atoms with Crippen molar-refractivity contribution in [2.24, 2.45) is 0 Å².